The molecule has 0 amide bonds. The maximum Gasteiger partial charge on any atom is 0.508 e. The van der Waals surface area contributed by atoms with E-state index in [1.165, 1.54) is 70.6 Å². The topological polar surface area (TPSA) is 127 Å². The molecule has 1 aliphatic rings. The van der Waals surface area contributed by atoms with Crippen molar-refractivity contribution in [2.24, 2.45) is 11.8 Å². The summed E-state index contributed by atoms with van der Waals surface area (Å²) in [4.78, 5) is 52.2. The Kier molecular flexibility index (Phi) is 34.7. The summed E-state index contributed by atoms with van der Waals surface area (Å²) < 4.78 is 33.5. The van der Waals surface area contributed by atoms with Crippen LogP contribution in [-0.2, 0) is 42.8 Å². The molecule has 1 rings (SSSR count). The number of carbonyl (C=O) groups is 4. The van der Waals surface area contributed by atoms with Gasteiger partial charge >= 0.3 is 24.1 Å². The summed E-state index contributed by atoms with van der Waals surface area (Å²) in [5, 5.41) is 0. The zero-order valence-electron chi connectivity index (χ0n) is 37.9. The zero-order valence-corrected chi connectivity index (χ0v) is 37.9. The number of carbonyl (C=O) groups excluding carboxylic acids is 4. The first kappa shape index (κ1) is 53.6. The van der Waals surface area contributed by atoms with Crippen LogP contribution in [-0.4, -0.2) is 93.8 Å². The van der Waals surface area contributed by atoms with Crippen molar-refractivity contribution in [2.45, 2.75) is 214 Å². The van der Waals surface area contributed by atoms with Crippen LogP contribution in [0.5, 0.6) is 0 Å². The molecule has 0 aromatic rings. The van der Waals surface area contributed by atoms with Crippen molar-refractivity contribution >= 4 is 24.1 Å². The minimum absolute atomic E-state index is 0.0296. The smallest absolute Gasteiger partial charge is 0.465 e. The van der Waals surface area contributed by atoms with Gasteiger partial charge < -0.3 is 33.3 Å². The predicted molar refractivity (Wildman–Crippen MR) is 231 cm³/mol. The number of ether oxygens (including phenoxy) is 6. The molecule has 11 heteroatoms. The van der Waals surface area contributed by atoms with E-state index in [9.17, 15) is 19.2 Å². The summed E-state index contributed by atoms with van der Waals surface area (Å²) in [6, 6.07) is 0. The number of hydrogen-bond donors (Lipinski definition) is 0. The van der Waals surface area contributed by atoms with Gasteiger partial charge in [-0.05, 0) is 83.7 Å². The third kappa shape index (κ3) is 32.5. The summed E-state index contributed by atoms with van der Waals surface area (Å²) in [7, 11) is 0. The first-order valence-corrected chi connectivity index (χ1v) is 23.9. The molecule has 58 heavy (non-hydrogen) atoms. The van der Waals surface area contributed by atoms with Crippen LogP contribution in [0.4, 0.5) is 4.79 Å². The summed E-state index contributed by atoms with van der Waals surface area (Å²) in [6.45, 7) is 14.1. The molecule has 0 saturated heterocycles. The van der Waals surface area contributed by atoms with Crippen LogP contribution in [0, 0.1) is 11.8 Å². The monoisotopic (exact) mass is 826 g/mol. The third-order valence-corrected chi connectivity index (χ3v) is 11.0. The molecule has 340 valence electrons. The van der Waals surface area contributed by atoms with E-state index in [4.69, 9.17) is 28.4 Å². The second-order valence-electron chi connectivity index (χ2n) is 16.6. The quantitative estimate of drug-likeness (QED) is 0.0332. The van der Waals surface area contributed by atoms with Crippen LogP contribution in [0.1, 0.15) is 202 Å². The van der Waals surface area contributed by atoms with E-state index in [-0.39, 0.29) is 69.4 Å². The van der Waals surface area contributed by atoms with E-state index >= 15 is 0 Å². The van der Waals surface area contributed by atoms with E-state index in [0.717, 1.165) is 84.0 Å². The van der Waals surface area contributed by atoms with Gasteiger partial charge in [-0.2, -0.15) is 0 Å². The minimum Gasteiger partial charge on any atom is -0.465 e. The van der Waals surface area contributed by atoms with Gasteiger partial charge in [0, 0.05) is 32.4 Å². The summed E-state index contributed by atoms with van der Waals surface area (Å²) in [5.74, 6) is -0.799. The highest BCUT2D eigenvalue weighted by Crippen LogP contribution is 2.36. The normalized spacial score (nSPS) is 14.2. The van der Waals surface area contributed by atoms with Crippen molar-refractivity contribution in [1.82, 2.24) is 4.90 Å². The molecule has 0 bridgehead atoms. The SMILES string of the molecule is CCCCCCCCCC(C)OC(=O)CCCCCCCC(=O)OCC(COC(=O)CCC(OCCCCCCCC)C1CC1)COC(=O)OCCCN(CC)CC. The predicted octanol–water partition coefficient (Wildman–Crippen LogP) is 11.3. The lowest BCUT2D eigenvalue weighted by atomic mass is 10.1. The molecule has 0 heterocycles. The van der Waals surface area contributed by atoms with Crippen molar-refractivity contribution in [3.8, 4) is 0 Å². The van der Waals surface area contributed by atoms with Crippen molar-refractivity contribution in [3.63, 3.8) is 0 Å². The van der Waals surface area contributed by atoms with Gasteiger partial charge in [0.1, 0.15) is 19.8 Å². The lowest BCUT2D eigenvalue weighted by Crippen LogP contribution is -2.27. The molecule has 0 N–H and O–H groups in total. The molecule has 11 nitrogen and oxygen atoms in total. The molecule has 3 atom stereocenters. The first-order chi connectivity index (χ1) is 28.2. The van der Waals surface area contributed by atoms with Crippen LogP contribution in [0.25, 0.3) is 0 Å². The van der Waals surface area contributed by atoms with Crippen molar-refractivity contribution in [2.75, 3.05) is 52.7 Å². The van der Waals surface area contributed by atoms with Crippen molar-refractivity contribution in [3.05, 3.63) is 0 Å². The molecule has 1 fully saturated rings. The highest BCUT2D eigenvalue weighted by atomic mass is 16.7. The highest BCUT2D eigenvalue weighted by molar-refractivity contribution is 5.70. The van der Waals surface area contributed by atoms with E-state index in [1.807, 2.05) is 6.92 Å². The third-order valence-electron chi connectivity index (χ3n) is 11.0. The Morgan fingerprint density at radius 3 is 1.64 bits per heavy atom. The Labute approximate surface area is 354 Å². The molecule has 0 spiro atoms. The van der Waals surface area contributed by atoms with Crippen LogP contribution < -0.4 is 0 Å². The molecule has 0 aromatic carbocycles. The fraction of sp³-hybridized carbons (Fsp3) is 0.915. The second kappa shape index (κ2) is 37.6. The molecule has 0 radical (unpaired) electrons. The molecule has 1 saturated carbocycles. The van der Waals surface area contributed by atoms with E-state index < -0.39 is 12.1 Å². The Morgan fingerprint density at radius 2 is 1.05 bits per heavy atom. The van der Waals surface area contributed by atoms with Gasteiger partial charge in [0.05, 0.1) is 24.7 Å². The van der Waals surface area contributed by atoms with Gasteiger partial charge in [-0.1, -0.05) is 118 Å². The fourth-order valence-corrected chi connectivity index (χ4v) is 7.02. The minimum atomic E-state index is -0.789. The standard InChI is InChI=1S/C47H87NO10/c1-6-10-12-14-16-18-22-27-40(5)58-46(51)29-24-20-17-19-23-28-44(49)55-37-41(39-57-47(52)54-36-26-34-48(8-3)9-4)38-56-45(50)33-32-43(42-30-31-42)53-35-25-21-15-13-11-7-2/h40-43H,6-39H2,1-5H3. The maximum absolute atomic E-state index is 12.8. The molecular formula is C47H87NO10. The van der Waals surface area contributed by atoms with Crippen molar-refractivity contribution < 1.29 is 47.6 Å². The summed E-state index contributed by atoms with van der Waals surface area (Å²) >= 11 is 0. The second-order valence-corrected chi connectivity index (χ2v) is 16.6. The number of esters is 3. The van der Waals surface area contributed by atoms with Gasteiger partial charge in [0.15, 0.2) is 0 Å². The number of unbranched alkanes of at least 4 members (excludes halogenated alkanes) is 15. The molecule has 3 unspecified atom stereocenters. The lowest BCUT2D eigenvalue weighted by molar-refractivity contribution is -0.151. The maximum atomic E-state index is 12.8. The Bertz CT molecular complexity index is 1020. The summed E-state index contributed by atoms with van der Waals surface area (Å²) in [6.07, 6.45) is 24.9. The largest absolute Gasteiger partial charge is 0.508 e. The number of rotatable bonds is 41. The van der Waals surface area contributed by atoms with Gasteiger partial charge in [0.2, 0.25) is 0 Å². The number of hydrogen-bond acceptors (Lipinski definition) is 11. The van der Waals surface area contributed by atoms with Crippen LogP contribution >= 0.6 is 0 Å². The van der Waals surface area contributed by atoms with Gasteiger partial charge in [-0.15, -0.1) is 0 Å². The Hall–Kier alpha value is -2.40. The highest BCUT2D eigenvalue weighted by Gasteiger charge is 2.32. The van der Waals surface area contributed by atoms with Crippen LogP contribution in [0.15, 0.2) is 0 Å². The van der Waals surface area contributed by atoms with E-state index in [0.29, 0.717) is 31.6 Å². The van der Waals surface area contributed by atoms with Gasteiger partial charge in [-0.25, -0.2) is 4.79 Å². The first-order valence-electron chi connectivity index (χ1n) is 23.9. The molecule has 1 aliphatic carbocycles. The van der Waals surface area contributed by atoms with Crippen LogP contribution in [0.3, 0.4) is 0 Å². The van der Waals surface area contributed by atoms with Crippen LogP contribution in [0.2, 0.25) is 0 Å². The summed E-state index contributed by atoms with van der Waals surface area (Å²) in [5.41, 5.74) is 0. The molecular weight excluding hydrogens is 739 g/mol. The Balaban J connectivity index is 2.38. The number of nitrogens with zero attached hydrogens (tertiary/aromatic N) is 1. The van der Waals surface area contributed by atoms with E-state index in [2.05, 4.69) is 32.6 Å². The van der Waals surface area contributed by atoms with Gasteiger partial charge in [-0.3, -0.25) is 14.4 Å². The zero-order chi connectivity index (χ0) is 42.5. The molecule has 0 aliphatic heterocycles. The average molecular weight is 826 g/mol. The lowest BCUT2D eigenvalue weighted by Gasteiger charge is -2.19. The van der Waals surface area contributed by atoms with E-state index in [1.54, 1.807) is 0 Å². The fourth-order valence-electron chi connectivity index (χ4n) is 7.02. The van der Waals surface area contributed by atoms with Gasteiger partial charge in [0.25, 0.3) is 0 Å². The molecule has 0 aromatic heterocycles. The van der Waals surface area contributed by atoms with Crippen molar-refractivity contribution in [1.29, 1.82) is 0 Å². The Morgan fingerprint density at radius 1 is 0.534 bits per heavy atom. The average Bonchev–Trinajstić information content (AvgIpc) is 4.06.